The van der Waals surface area contributed by atoms with Crippen molar-refractivity contribution in [1.82, 2.24) is 4.57 Å². The zero-order chi connectivity index (χ0) is 27.0. The lowest BCUT2D eigenvalue weighted by molar-refractivity contribution is -0.286. The summed E-state index contributed by atoms with van der Waals surface area (Å²) in [5.41, 5.74) is -0.147. The number of fused-ring (bicyclic) bond motifs is 3. The molecule has 0 aliphatic carbocycles. The molecule has 0 spiro atoms. The fraction of sp³-hybridized carbons (Fsp3) is 0.423. The fourth-order valence-electron chi connectivity index (χ4n) is 5.18. The molecule has 1 saturated heterocycles. The van der Waals surface area contributed by atoms with E-state index in [1.54, 1.807) is 11.5 Å². The number of anilines is 1. The van der Waals surface area contributed by atoms with Gasteiger partial charge in [-0.15, -0.1) is 8.78 Å². The van der Waals surface area contributed by atoms with Crippen LogP contribution in [-0.2, 0) is 26.9 Å². The first-order valence-corrected chi connectivity index (χ1v) is 12.0. The minimum absolute atomic E-state index is 0.0530. The SMILES string of the molecule is CC1(c2cc3cc(NC(=O)[C@@]4(C)COc5cc6c(cc54)OC(F)(F)O6)c(F)cc3n2C[C@@H](O)CO)COC1. The smallest absolute Gasteiger partial charge is 0.492 e. The number of carbonyl (C=O) groups is 1. The lowest BCUT2D eigenvalue weighted by atomic mass is 9.83. The molecular weight excluding hydrogens is 509 g/mol. The molecule has 6 rings (SSSR count). The van der Waals surface area contributed by atoms with E-state index >= 15 is 4.39 Å². The normalized spacial score (nSPS) is 23.0. The zero-order valence-electron chi connectivity index (χ0n) is 20.5. The molecule has 3 aliphatic heterocycles. The monoisotopic (exact) mass is 534 g/mol. The number of carbonyl (C=O) groups excluding carboxylic acids is 1. The van der Waals surface area contributed by atoms with Crippen LogP contribution in [0.25, 0.3) is 10.9 Å². The molecule has 9 nitrogen and oxygen atoms in total. The van der Waals surface area contributed by atoms with Gasteiger partial charge in [0.2, 0.25) is 5.91 Å². The summed E-state index contributed by atoms with van der Waals surface area (Å²) in [4.78, 5) is 13.4. The number of aliphatic hydroxyl groups is 2. The molecule has 3 aliphatic rings. The van der Waals surface area contributed by atoms with Gasteiger partial charge < -0.3 is 39.0 Å². The maximum Gasteiger partial charge on any atom is 0.586 e. The number of ether oxygens (including phenoxy) is 4. The van der Waals surface area contributed by atoms with Gasteiger partial charge in [0.1, 0.15) is 23.6 Å². The van der Waals surface area contributed by atoms with Gasteiger partial charge in [-0.1, -0.05) is 0 Å². The van der Waals surface area contributed by atoms with Crippen molar-refractivity contribution in [3.05, 3.63) is 47.4 Å². The molecule has 0 bridgehead atoms. The Kier molecular flexibility index (Phi) is 5.40. The Morgan fingerprint density at radius 3 is 2.45 bits per heavy atom. The average Bonchev–Trinajstić information content (AvgIpc) is 3.46. The molecular formula is C26H25F3N2O7. The minimum Gasteiger partial charge on any atom is -0.492 e. The molecule has 1 amide bonds. The molecule has 0 saturated carbocycles. The quantitative estimate of drug-likeness (QED) is 0.446. The average molecular weight is 534 g/mol. The first kappa shape index (κ1) is 24.8. The van der Waals surface area contributed by atoms with Crippen molar-refractivity contribution in [1.29, 1.82) is 0 Å². The van der Waals surface area contributed by atoms with E-state index in [9.17, 15) is 23.8 Å². The molecule has 0 radical (unpaired) electrons. The zero-order valence-corrected chi connectivity index (χ0v) is 20.5. The predicted molar refractivity (Wildman–Crippen MR) is 127 cm³/mol. The van der Waals surface area contributed by atoms with E-state index in [2.05, 4.69) is 14.8 Å². The fourth-order valence-corrected chi connectivity index (χ4v) is 5.18. The molecule has 2 aromatic carbocycles. The van der Waals surface area contributed by atoms with Crippen LogP contribution >= 0.6 is 0 Å². The van der Waals surface area contributed by atoms with Crippen molar-refractivity contribution >= 4 is 22.5 Å². The lowest BCUT2D eigenvalue weighted by Crippen LogP contribution is -2.45. The summed E-state index contributed by atoms with van der Waals surface area (Å²) in [6.07, 6.45) is -4.87. The molecule has 38 heavy (non-hydrogen) atoms. The third kappa shape index (κ3) is 3.77. The van der Waals surface area contributed by atoms with E-state index in [-0.39, 0.29) is 41.5 Å². The maximum absolute atomic E-state index is 15.3. The van der Waals surface area contributed by atoms with Crippen molar-refractivity contribution in [2.75, 3.05) is 31.7 Å². The summed E-state index contributed by atoms with van der Waals surface area (Å²) in [5, 5.41) is 22.7. The molecule has 4 heterocycles. The predicted octanol–water partition coefficient (Wildman–Crippen LogP) is 3.03. The van der Waals surface area contributed by atoms with E-state index in [0.717, 1.165) is 5.69 Å². The van der Waals surface area contributed by atoms with E-state index in [1.807, 2.05) is 13.0 Å². The number of halogens is 3. The Hall–Kier alpha value is -3.48. The van der Waals surface area contributed by atoms with E-state index in [4.69, 9.17) is 9.47 Å². The summed E-state index contributed by atoms with van der Waals surface area (Å²) >= 11 is 0. The van der Waals surface area contributed by atoms with Gasteiger partial charge in [0.15, 0.2) is 11.5 Å². The van der Waals surface area contributed by atoms with Gasteiger partial charge in [0.25, 0.3) is 0 Å². The third-order valence-corrected chi connectivity index (χ3v) is 7.42. The van der Waals surface area contributed by atoms with Crippen molar-refractivity contribution in [3.63, 3.8) is 0 Å². The number of aliphatic hydroxyl groups excluding tert-OH is 2. The van der Waals surface area contributed by atoms with Gasteiger partial charge in [0.05, 0.1) is 49.1 Å². The minimum atomic E-state index is -3.82. The highest BCUT2D eigenvalue weighted by Gasteiger charge is 2.49. The van der Waals surface area contributed by atoms with Crippen LogP contribution in [0.1, 0.15) is 25.1 Å². The third-order valence-electron chi connectivity index (χ3n) is 7.42. The van der Waals surface area contributed by atoms with Gasteiger partial charge in [-0.05, 0) is 32.0 Å². The van der Waals surface area contributed by atoms with E-state index < -0.39 is 36.1 Å². The summed E-state index contributed by atoms with van der Waals surface area (Å²) in [7, 11) is 0. The van der Waals surface area contributed by atoms with Gasteiger partial charge >= 0.3 is 6.29 Å². The number of hydrogen-bond donors (Lipinski definition) is 3. The van der Waals surface area contributed by atoms with Crippen molar-refractivity contribution in [3.8, 4) is 17.2 Å². The Morgan fingerprint density at radius 2 is 1.79 bits per heavy atom. The van der Waals surface area contributed by atoms with Crippen LogP contribution in [0.15, 0.2) is 30.3 Å². The molecule has 3 N–H and O–H groups in total. The number of nitrogens with one attached hydrogen (secondary N) is 1. The van der Waals surface area contributed by atoms with E-state index in [0.29, 0.717) is 29.7 Å². The topological polar surface area (TPSA) is 111 Å². The van der Waals surface area contributed by atoms with Crippen LogP contribution < -0.4 is 19.5 Å². The Balaban J connectivity index is 1.33. The summed E-state index contributed by atoms with van der Waals surface area (Å²) in [6, 6.07) is 7.14. The summed E-state index contributed by atoms with van der Waals surface area (Å²) < 4.78 is 64.1. The molecule has 202 valence electrons. The number of amides is 1. The van der Waals surface area contributed by atoms with Crippen LogP contribution in [0.2, 0.25) is 0 Å². The van der Waals surface area contributed by atoms with Gasteiger partial charge in [-0.3, -0.25) is 4.79 Å². The lowest BCUT2D eigenvalue weighted by Gasteiger charge is -2.39. The summed E-state index contributed by atoms with van der Waals surface area (Å²) in [5.74, 6) is -1.54. The van der Waals surface area contributed by atoms with Crippen molar-refractivity contribution < 1.29 is 47.1 Å². The number of benzene rings is 2. The van der Waals surface area contributed by atoms with Crippen LogP contribution in [0, 0.1) is 5.82 Å². The molecule has 0 unspecified atom stereocenters. The first-order valence-electron chi connectivity index (χ1n) is 12.0. The Bertz CT molecular complexity index is 1470. The molecule has 12 heteroatoms. The molecule has 2 atom stereocenters. The molecule has 3 aromatic rings. The number of nitrogens with zero attached hydrogens (tertiary/aromatic N) is 1. The van der Waals surface area contributed by atoms with Gasteiger partial charge in [0, 0.05) is 28.8 Å². The second-order valence-corrected chi connectivity index (χ2v) is 10.5. The van der Waals surface area contributed by atoms with Gasteiger partial charge in [-0.2, -0.15) is 0 Å². The number of hydrogen-bond acceptors (Lipinski definition) is 7. The van der Waals surface area contributed by atoms with Crippen molar-refractivity contribution in [2.24, 2.45) is 0 Å². The van der Waals surface area contributed by atoms with Crippen LogP contribution in [0.5, 0.6) is 17.2 Å². The van der Waals surface area contributed by atoms with Crippen LogP contribution in [-0.4, -0.2) is 59.5 Å². The maximum atomic E-state index is 15.3. The Labute approximate surface area is 214 Å². The standard InChI is InChI=1S/C26H25F3N2O7/c1-24(10-35-11-24)22-4-13-3-17(16(27)6-18(13)31(22)8-14(33)9-32)30-23(34)25(2)12-36-19-7-21-20(5-15(19)25)37-26(28,29)38-21/h3-7,14,32-33H,8-12H2,1-2H3,(H,30,34)/t14-,25+/m1/s1. The first-order chi connectivity index (χ1) is 17.9. The summed E-state index contributed by atoms with van der Waals surface area (Å²) in [6.45, 7) is 3.95. The highest BCUT2D eigenvalue weighted by Crippen LogP contribution is 2.50. The highest BCUT2D eigenvalue weighted by atomic mass is 19.3. The number of rotatable bonds is 6. The largest absolute Gasteiger partial charge is 0.586 e. The van der Waals surface area contributed by atoms with Crippen LogP contribution in [0.4, 0.5) is 18.9 Å². The van der Waals surface area contributed by atoms with Crippen molar-refractivity contribution in [2.45, 2.75) is 43.6 Å². The molecule has 1 aromatic heterocycles. The van der Waals surface area contributed by atoms with E-state index in [1.165, 1.54) is 24.3 Å². The van der Waals surface area contributed by atoms with Crippen LogP contribution in [0.3, 0.4) is 0 Å². The second kappa shape index (κ2) is 8.26. The molecule has 1 fully saturated rings. The number of aromatic nitrogens is 1. The Morgan fingerprint density at radius 1 is 1.08 bits per heavy atom. The highest BCUT2D eigenvalue weighted by molar-refractivity contribution is 6.01. The second-order valence-electron chi connectivity index (χ2n) is 10.5. The number of alkyl halides is 2. The van der Waals surface area contributed by atoms with Gasteiger partial charge in [-0.25, -0.2) is 4.39 Å².